The summed E-state index contributed by atoms with van der Waals surface area (Å²) >= 11 is 0. The van der Waals surface area contributed by atoms with Gasteiger partial charge >= 0.3 is 0 Å². The molecule has 0 aromatic heterocycles. The van der Waals surface area contributed by atoms with E-state index in [9.17, 15) is 44.4 Å². The molecule has 0 bridgehead atoms. The highest BCUT2D eigenvalue weighted by Gasteiger charge is 2.23. The third-order valence-electron chi connectivity index (χ3n) is 2.98. The van der Waals surface area contributed by atoms with Gasteiger partial charge in [-0.3, -0.25) is 33.2 Å². The summed E-state index contributed by atoms with van der Waals surface area (Å²) in [6, 6.07) is 0. The van der Waals surface area contributed by atoms with Crippen LogP contribution in [0.4, 0.5) is 0 Å². The number of carbonyl (C=O) groups is 4. The van der Waals surface area contributed by atoms with Crippen molar-refractivity contribution in [2.75, 3.05) is 45.1 Å². The Balaban J connectivity index is 0.000000482. The maximum absolute atomic E-state index is 11.0. The molecule has 18 heteroatoms. The second kappa shape index (κ2) is 12.7. The fourth-order valence-electron chi connectivity index (χ4n) is 1.91. The molecule has 0 aromatic carbocycles. The van der Waals surface area contributed by atoms with Gasteiger partial charge in [-0.1, -0.05) is 0 Å². The number of imide groups is 2. The van der Waals surface area contributed by atoms with Gasteiger partial charge in [-0.15, -0.1) is 3.63 Å². The molecule has 0 aliphatic carbocycles. The first-order valence-electron chi connectivity index (χ1n) is 8.49. The zero-order chi connectivity index (χ0) is 26.0. The minimum absolute atomic E-state index is 0.0578. The van der Waals surface area contributed by atoms with Crippen LogP contribution in [0.1, 0.15) is 0 Å². The van der Waals surface area contributed by atoms with E-state index in [0.29, 0.717) is 12.5 Å². The standard InChI is InChI=1S/C7H9NO5S.C6H7NO3.C2H6O5S2/c1-14(11,12)13-5-4-8-6(9)2-3-7(8)10;8-4-3-7-5(9)1-2-6(7)10;1-8(3,4)7-9(2,5)6/h2-3H,4-5H2,1H3;1-2,8H,3-4H2;1-2H3. The van der Waals surface area contributed by atoms with Crippen LogP contribution < -0.4 is 0 Å². The summed E-state index contributed by atoms with van der Waals surface area (Å²) in [5.74, 6) is -1.60. The van der Waals surface area contributed by atoms with E-state index in [0.717, 1.165) is 28.2 Å². The van der Waals surface area contributed by atoms with Crippen LogP contribution in [0.15, 0.2) is 24.3 Å². The highest BCUT2D eigenvalue weighted by Crippen LogP contribution is 2.03. The van der Waals surface area contributed by atoms with E-state index in [1.54, 1.807) is 0 Å². The molecule has 0 saturated heterocycles. The van der Waals surface area contributed by atoms with Crippen LogP contribution >= 0.6 is 0 Å². The first kappa shape index (κ1) is 30.5. The average Bonchev–Trinajstić information content (AvgIpc) is 3.09. The lowest BCUT2D eigenvalue weighted by Crippen LogP contribution is -2.33. The van der Waals surface area contributed by atoms with Crippen LogP contribution in [0.5, 0.6) is 0 Å². The lowest BCUT2D eigenvalue weighted by molar-refractivity contribution is -0.138. The molecule has 0 atom stereocenters. The van der Waals surface area contributed by atoms with Crippen molar-refractivity contribution in [2.24, 2.45) is 0 Å². The van der Waals surface area contributed by atoms with Gasteiger partial charge in [-0.2, -0.15) is 25.3 Å². The van der Waals surface area contributed by atoms with E-state index in [1.165, 1.54) is 12.2 Å². The maximum Gasteiger partial charge on any atom is 0.278 e. The second-order valence-corrected chi connectivity index (χ2v) is 11.1. The van der Waals surface area contributed by atoms with Crippen molar-refractivity contribution in [1.29, 1.82) is 0 Å². The lowest BCUT2D eigenvalue weighted by Gasteiger charge is -2.12. The minimum atomic E-state index is -3.87. The quantitative estimate of drug-likeness (QED) is 0.239. The molecule has 2 aliphatic rings. The molecule has 0 radical (unpaired) electrons. The molecular weight excluding hydrogens is 512 g/mol. The van der Waals surface area contributed by atoms with Crippen LogP contribution in [0.2, 0.25) is 0 Å². The number of hydrogen-bond acceptors (Lipinski definition) is 13. The first-order chi connectivity index (χ1) is 14.9. The van der Waals surface area contributed by atoms with Crippen LogP contribution in [0.25, 0.3) is 0 Å². The monoisotopic (exact) mass is 534 g/mol. The molecule has 33 heavy (non-hydrogen) atoms. The van der Waals surface area contributed by atoms with Gasteiger partial charge in [0.2, 0.25) is 0 Å². The van der Waals surface area contributed by atoms with Crippen LogP contribution in [-0.4, -0.2) is 109 Å². The van der Waals surface area contributed by atoms with Crippen LogP contribution in [0, 0.1) is 0 Å². The van der Waals surface area contributed by atoms with Crippen molar-refractivity contribution in [3.63, 3.8) is 0 Å². The number of carbonyl (C=O) groups excluding carboxylic acids is 4. The third-order valence-corrected chi connectivity index (χ3v) is 5.56. The smallest absolute Gasteiger partial charge is 0.278 e. The maximum atomic E-state index is 11.0. The third kappa shape index (κ3) is 14.3. The number of hydrogen-bond donors (Lipinski definition) is 1. The van der Waals surface area contributed by atoms with Crippen molar-refractivity contribution in [3.05, 3.63) is 24.3 Å². The highest BCUT2D eigenvalue weighted by atomic mass is 32.3. The summed E-state index contributed by atoms with van der Waals surface area (Å²) in [5.41, 5.74) is 0. The summed E-state index contributed by atoms with van der Waals surface area (Å²) in [5, 5.41) is 8.39. The first-order valence-corrected chi connectivity index (χ1v) is 13.9. The Bertz CT molecular complexity index is 1070. The Morgan fingerprint density at radius 3 is 1.24 bits per heavy atom. The fraction of sp³-hybridized carbons (Fsp3) is 0.467. The van der Waals surface area contributed by atoms with Gasteiger partial charge in [0.1, 0.15) is 0 Å². The van der Waals surface area contributed by atoms with Crippen molar-refractivity contribution in [3.8, 4) is 0 Å². The molecule has 2 heterocycles. The van der Waals surface area contributed by atoms with Gasteiger partial charge in [0, 0.05) is 24.3 Å². The number of rotatable bonds is 8. The normalized spacial score (nSPS) is 16.0. The zero-order valence-electron chi connectivity index (χ0n) is 17.6. The molecule has 0 fully saturated rings. The van der Waals surface area contributed by atoms with Crippen molar-refractivity contribution >= 4 is 54.0 Å². The highest BCUT2D eigenvalue weighted by molar-refractivity contribution is 7.99. The van der Waals surface area contributed by atoms with Gasteiger partial charge < -0.3 is 5.11 Å². The van der Waals surface area contributed by atoms with E-state index < -0.39 is 42.2 Å². The molecular formula is C15H22N2O13S3. The van der Waals surface area contributed by atoms with Gasteiger partial charge in [-0.05, 0) is 0 Å². The van der Waals surface area contributed by atoms with Crippen molar-refractivity contribution in [1.82, 2.24) is 9.80 Å². The van der Waals surface area contributed by atoms with Crippen LogP contribution in [0.3, 0.4) is 0 Å². The average molecular weight is 535 g/mol. The number of nitrogens with zero attached hydrogens (tertiary/aromatic N) is 2. The van der Waals surface area contributed by atoms with Crippen molar-refractivity contribution < 1.29 is 57.4 Å². The Labute approximate surface area is 190 Å². The molecule has 0 aromatic rings. The predicted molar refractivity (Wildman–Crippen MR) is 110 cm³/mol. The van der Waals surface area contributed by atoms with E-state index in [1.807, 2.05) is 0 Å². The Hall–Kier alpha value is -2.51. The molecule has 2 aliphatic heterocycles. The predicted octanol–water partition coefficient (Wildman–Crippen LogP) is -3.29. The molecule has 1 N–H and O–H groups in total. The van der Waals surface area contributed by atoms with E-state index in [-0.39, 0.29) is 38.1 Å². The fourth-order valence-corrected chi connectivity index (χ4v) is 4.08. The summed E-state index contributed by atoms with van der Waals surface area (Å²) < 4.78 is 69.2. The number of aliphatic hydroxyl groups excluding tert-OH is 1. The second-order valence-electron chi connectivity index (χ2n) is 6.05. The van der Waals surface area contributed by atoms with E-state index >= 15 is 0 Å². The summed E-state index contributed by atoms with van der Waals surface area (Å²) in [7, 11) is -11.3. The summed E-state index contributed by atoms with van der Waals surface area (Å²) in [6.45, 7) is -0.362. The summed E-state index contributed by atoms with van der Waals surface area (Å²) in [6.07, 6.45) is 6.86. The van der Waals surface area contributed by atoms with Crippen molar-refractivity contribution in [2.45, 2.75) is 0 Å². The Morgan fingerprint density at radius 2 is 1.00 bits per heavy atom. The SMILES string of the molecule is CS(=O)(=O)OCCN1C(=O)C=CC1=O.CS(=O)(=O)OS(C)(=O)=O.O=C1C=CC(=O)N1CCO. The van der Waals surface area contributed by atoms with Crippen LogP contribution in [-0.2, 0) is 57.3 Å². The molecule has 15 nitrogen and oxygen atoms in total. The van der Waals surface area contributed by atoms with E-state index in [4.69, 9.17) is 5.11 Å². The number of β-amino-alcohol motifs (C(OH)–C–C–N with tert-alkyl or cyclic N) is 1. The zero-order valence-corrected chi connectivity index (χ0v) is 20.1. The molecule has 2 rings (SSSR count). The molecule has 188 valence electrons. The molecule has 0 unspecified atom stereocenters. The van der Waals surface area contributed by atoms with Gasteiger partial charge in [0.05, 0.1) is 45.1 Å². The number of amides is 4. The largest absolute Gasteiger partial charge is 0.395 e. The molecule has 0 spiro atoms. The molecule has 0 saturated carbocycles. The van der Waals surface area contributed by atoms with Gasteiger partial charge in [0.15, 0.2) is 0 Å². The topological polar surface area (TPSA) is 216 Å². The number of aliphatic hydroxyl groups is 1. The summed E-state index contributed by atoms with van der Waals surface area (Å²) in [4.78, 5) is 45.2. The Morgan fingerprint density at radius 1 is 0.667 bits per heavy atom. The van der Waals surface area contributed by atoms with E-state index in [2.05, 4.69) is 7.81 Å². The van der Waals surface area contributed by atoms with Gasteiger partial charge in [0.25, 0.3) is 54.0 Å². The Kier molecular flexibility index (Phi) is 11.7. The van der Waals surface area contributed by atoms with Gasteiger partial charge in [-0.25, -0.2) is 0 Å². The molecule has 4 amide bonds. The lowest BCUT2D eigenvalue weighted by atomic mass is 10.5. The minimum Gasteiger partial charge on any atom is -0.395 e.